The van der Waals surface area contributed by atoms with Crippen LogP contribution in [0, 0.1) is 6.92 Å². The Kier molecular flexibility index (Phi) is 3.87. The number of hydrogen-bond donors (Lipinski definition) is 0. The number of thiazole rings is 1. The summed E-state index contributed by atoms with van der Waals surface area (Å²) in [6, 6.07) is 1.83. The van der Waals surface area contributed by atoms with E-state index in [1.165, 1.54) is 0 Å². The van der Waals surface area contributed by atoms with Crippen molar-refractivity contribution in [3.63, 3.8) is 0 Å². The predicted molar refractivity (Wildman–Crippen MR) is 75.8 cm³/mol. The Hall–Kier alpha value is -1.14. The number of carbonyl (C=O) groups excluding carboxylic acids is 1. The third-order valence-corrected chi connectivity index (χ3v) is 4.12. The molecule has 1 amide bonds. The summed E-state index contributed by atoms with van der Waals surface area (Å²) in [7, 11) is 3.67. The van der Waals surface area contributed by atoms with Crippen molar-refractivity contribution in [1.29, 1.82) is 0 Å². The van der Waals surface area contributed by atoms with Crippen LogP contribution in [-0.4, -0.2) is 27.4 Å². The van der Waals surface area contributed by atoms with Gasteiger partial charge in [0.2, 0.25) is 0 Å². The maximum Gasteiger partial charge on any atom is 0.270 e. The third-order valence-electron chi connectivity index (χ3n) is 2.76. The molecular formula is C12H14BrN3OS. The fraction of sp³-hybridized carbons (Fsp3) is 0.333. The number of aromatic nitrogens is 2. The molecule has 2 aromatic heterocycles. The molecular weight excluding hydrogens is 314 g/mol. The first-order chi connectivity index (χ1) is 8.49. The molecule has 2 heterocycles. The van der Waals surface area contributed by atoms with Crippen LogP contribution >= 0.6 is 27.3 Å². The third kappa shape index (κ3) is 2.64. The maximum atomic E-state index is 12.3. The van der Waals surface area contributed by atoms with Crippen molar-refractivity contribution in [2.75, 3.05) is 7.05 Å². The normalized spacial score (nSPS) is 10.7. The molecule has 0 aliphatic carbocycles. The first-order valence-electron chi connectivity index (χ1n) is 5.45. The van der Waals surface area contributed by atoms with Gasteiger partial charge < -0.3 is 9.47 Å². The van der Waals surface area contributed by atoms with Gasteiger partial charge in [-0.05, 0) is 28.9 Å². The van der Waals surface area contributed by atoms with Gasteiger partial charge in [-0.1, -0.05) is 0 Å². The van der Waals surface area contributed by atoms with Gasteiger partial charge >= 0.3 is 0 Å². The van der Waals surface area contributed by atoms with E-state index < -0.39 is 0 Å². The molecule has 0 unspecified atom stereocenters. The molecule has 0 atom stereocenters. The molecule has 0 aliphatic rings. The average molecular weight is 328 g/mol. The van der Waals surface area contributed by atoms with Crippen LogP contribution in [-0.2, 0) is 13.6 Å². The monoisotopic (exact) mass is 327 g/mol. The van der Waals surface area contributed by atoms with Crippen LogP contribution < -0.4 is 0 Å². The molecule has 0 spiro atoms. The summed E-state index contributed by atoms with van der Waals surface area (Å²) in [6.07, 6.45) is 1.87. The van der Waals surface area contributed by atoms with Gasteiger partial charge in [-0.3, -0.25) is 4.79 Å². The summed E-state index contributed by atoms with van der Waals surface area (Å²) in [5.74, 6) is 0.0102. The first kappa shape index (κ1) is 13.3. The van der Waals surface area contributed by atoms with Crippen molar-refractivity contribution < 1.29 is 4.79 Å². The molecule has 0 aromatic carbocycles. The van der Waals surface area contributed by atoms with Gasteiger partial charge in [0.05, 0.1) is 17.7 Å². The van der Waals surface area contributed by atoms with Crippen LogP contribution in [0.3, 0.4) is 0 Å². The zero-order valence-electron chi connectivity index (χ0n) is 10.5. The lowest BCUT2D eigenvalue weighted by molar-refractivity contribution is 0.0777. The van der Waals surface area contributed by atoms with Crippen molar-refractivity contribution >= 4 is 33.2 Å². The molecule has 0 aliphatic heterocycles. The van der Waals surface area contributed by atoms with Crippen molar-refractivity contribution in [1.82, 2.24) is 14.5 Å². The molecule has 18 heavy (non-hydrogen) atoms. The summed E-state index contributed by atoms with van der Waals surface area (Å²) in [4.78, 5) is 19.3. The summed E-state index contributed by atoms with van der Waals surface area (Å²) in [5.41, 5.74) is 3.47. The van der Waals surface area contributed by atoms with Gasteiger partial charge in [0.25, 0.3) is 5.91 Å². The van der Waals surface area contributed by atoms with E-state index in [0.29, 0.717) is 12.2 Å². The fourth-order valence-electron chi connectivity index (χ4n) is 1.70. The standard InChI is InChI=1S/C12H14BrN3OS/c1-8-11(18-7-14-8)6-16(3)12(17)10-4-9(13)5-15(10)2/h4-5,7H,6H2,1-3H3. The van der Waals surface area contributed by atoms with Crippen LogP contribution in [0.1, 0.15) is 21.1 Å². The van der Waals surface area contributed by atoms with Gasteiger partial charge in [0.15, 0.2) is 0 Å². The Morgan fingerprint density at radius 2 is 2.33 bits per heavy atom. The summed E-state index contributed by atoms with van der Waals surface area (Å²) in [5, 5.41) is 0. The molecule has 0 N–H and O–H groups in total. The van der Waals surface area contributed by atoms with Crippen LogP contribution in [0.25, 0.3) is 0 Å². The quantitative estimate of drug-likeness (QED) is 0.869. The van der Waals surface area contributed by atoms with Gasteiger partial charge in [-0.2, -0.15) is 0 Å². The number of nitrogens with zero attached hydrogens (tertiary/aromatic N) is 3. The number of carbonyl (C=O) groups is 1. The molecule has 0 saturated carbocycles. The largest absolute Gasteiger partial charge is 0.345 e. The Labute approximate surface area is 118 Å². The highest BCUT2D eigenvalue weighted by Crippen LogP contribution is 2.18. The van der Waals surface area contributed by atoms with E-state index in [9.17, 15) is 4.79 Å². The highest BCUT2D eigenvalue weighted by molar-refractivity contribution is 9.10. The maximum absolute atomic E-state index is 12.3. The minimum absolute atomic E-state index is 0.0102. The molecule has 4 nitrogen and oxygen atoms in total. The van der Waals surface area contributed by atoms with E-state index in [-0.39, 0.29) is 5.91 Å². The number of rotatable bonds is 3. The van der Waals surface area contributed by atoms with Crippen molar-refractivity contribution in [3.8, 4) is 0 Å². The predicted octanol–water partition coefficient (Wildman–Crippen LogP) is 2.82. The zero-order chi connectivity index (χ0) is 13.3. The molecule has 2 rings (SSSR count). The number of aryl methyl sites for hydroxylation is 2. The van der Waals surface area contributed by atoms with E-state index in [1.54, 1.807) is 16.2 Å². The van der Waals surface area contributed by atoms with Gasteiger partial charge in [-0.15, -0.1) is 11.3 Å². The number of hydrogen-bond acceptors (Lipinski definition) is 3. The van der Waals surface area contributed by atoms with Gasteiger partial charge in [0.1, 0.15) is 5.69 Å². The van der Waals surface area contributed by atoms with Gasteiger partial charge in [0, 0.05) is 29.6 Å². The molecule has 0 fully saturated rings. The minimum atomic E-state index is 0.0102. The van der Waals surface area contributed by atoms with E-state index >= 15 is 0 Å². The summed E-state index contributed by atoms with van der Waals surface area (Å²) in [6.45, 7) is 2.56. The zero-order valence-corrected chi connectivity index (χ0v) is 12.9. The fourth-order valence-corrected chi connectivity index (χ4v) is 3.05. The Morgan fingerprint density at radius 1 is 1.61 bits per heavy atom. The minimum Gasteiger partial charge on any atom is -0.345 e. The van der Waals surface area contributed by atoms with Crippen molar-refractivity contribution in [3.05, 3.63) is 38.5 Å². The van der Waals surface area contributed by atoms with E-state index in [4.69, 9.17) is 0 Å². The molecule has 2 aromatic rings. The number of amides is 1. The molecule has 0 saturated heterocycles. The Morgan fingerprint density at radius 3 is 2.83 bits per heavy atom. The first-order valence-corrected chi connectivity index (χ1v) is 7.12. The van der Waals surface area contributed by atoms with Crippen LogP contribution in [0.5, 0.6) is 0 Å². The Bertz CT molecular complexity index is 576. The summed E-state index contributed by atoms with van der Waals surface area (Å²) >= 11 is 4.95. The van der Waals surface area contributed by atoms with Crippen LogP contribution in [0.4, 0.5) is 0 Å². The van der Waals surface area contributed by atoms with Crippen LogP contribution in [0.2, 0.25) is 0 Å². The van der Waals surface area contributed by atoms with Crippen molar-refractivity contribution in [2.24, 2.45) is 7.05 Å². The molecule has 0 radical (unpaired) electrons. The lowest BCUT2D eigenvalue weighted by atomic mass is 10.3. The van der Waals surface area contributed by atoms with Crippen LogP contribution in [0.15, 0.2) is 22.2 Å². The average Bonchev–Trinajstić information content (AvgIpc) is 2.85. The molecule has 6 heteroatoms. The number of halogens is 1. The molecule has 96 valence electrons. The van der Waals surface area contributed by atoms with E-state index in [1.807, 2.05) is 43.4 Å². The second-order valence-electron chi connectivity index (χ2n) is 4.18. The van der Waals surface area contributed by atoms with E-state index in [0.717, 1.165) is 15.0 Å². The second kappa shape index (κ2) is 5.24. The highest BCUT2D eigenvalue weighted by atomic mass is 79.9. The highest BCUT2D eigenvalue weighted by Gasteiger charge is 2.17. The topological polar surface area (TPSA) is 38.1 Å². The Balaban J connectivity index is 2.14. The molecule has 0 bridgehead atoms. The van der Waals surface area contributed by atoms with Crippen molar-refractivity contribution in [2.45, 2.75) is 13.5 Å². The second-order valence-corrected chi connectivity index (χ2v) is 6.03. The lowest BCUT2D eigenvalue weighted by Crippen LogP contribution is -2.27. The lowest BCUT2D eigenvalue weighted by Gasteiger charge is -2.16. The van der Waals surface area contributed by atoms with E-state index in [2.05, 4.69) is 20.9 Å². The summed E-state index contributed by atoms with van der Waals surface area (Å²) < 4.78 is 2.73. The smallest absolute Gasteiger partial charge is 0.270 e. The van der Waals surface area contributed by atoms with Gasteiger partial charge in [-0.25, -0.2) is 4.98 Å². The SMILES string of the molecule is Cc1ncsc1CN(C)C(=O)c1cc(Br)cn1C.